The van der Waals surface area contributed by atoms with E-state index in [9.17, 15) is 18.8 Å². The summed E-state index contributed by atoms with van der Waals surface area (Å²) in [5, 5.41) is 8.10. The van der Waals surface area contributed by atoms with Crippen molar-refractivity contribution in [2.45, 2.75) is 44.1 Å². The van der Waals surface area contributed by atoms with Gasteiger partial charge in [-0.05, 0) is 59.9 Å². The van der Waals surface area contributed by atoms with Crippen molar-refractivity contribution >= 4 is 29.2 Å². The highest BCUT2D eigenvalue weighted by Gasteiger charge is 2.39. The number of halogens is 1. The van der Waals surface area contributed by atoms with Crippen molar-refractivity contribution in [1.29, 1.82) is 0 Å². The minimum atomic E-state index is -0.644. The van der Waals surface area contributed by atoms with E-state index in [0.717, 1.165) is 16.7 Å². The van der Waals surface area contributed by atoms with E-state index in [1.54, 1.807) is 36.2 Å². The smallest absolute Gasteiger partial charge is 0.323 e. The first-order valence-corrected chi connectivity index (χ1v) is 15.3. The zero-order chi connectivity index (χ0) is 32.0. The SMILES string of the molecule is CN1C(=O)c2cc(NC(=O)Nc3ccccc3F)ccc2OC[C@H]2O[C@H](CC(=O)NCc3ccc(-c4ccccc4)cc3)CC[C@@H]21. The van der Waals surface area contributed by atoms with Crippen LogP contribution in [0, 0.1) is 5.82 Å². The normalized spacial score (nSPS) is 19.0. The Kier molecular flexibility index (Phi) is 9.25. The van der Waals surface area contributed by atoms with Crippen molar-refractivity contribution in [2.24, 2.45) is 0 Å². The first-order chi connectivity index (χ1) is 22.3. The molecule has 4 amide bonds. The van der Waals surface area contributed by atoms with Crippen LogP contribution in [-0.2, 0) is 16.1 Å². The number of rotatable bonds is 7. The lowest BCUT2D eigenvalue weighted by Gasteiger charge is -2.42. The van der Waals surface area contributed by atoms with Gasteiger partial charge in [-0.3, -0.25) is 9.59 Å². The van der Waals surface area contributed by atoms with Gasteiger partial charge in [-0.25, -0.2) is 9.18 Å². The Bertz CT molecular complexity index is 1720. The van der Waals surface area contributed by atoms with E-state index >= 15 is 0 Å². The maximum Gasteiger partial charge on any atom is 0.323 e. The van der Waals surface area contributed by atoms with E-state index in [2.05, 4.69) is 28.1 Å². The van der Waals surface area contributed by atoms with Crippen molar-refractivity contribution in [3.63, 3.8) is 0 Å². The molecule has 0 spiro atoms. The van der Waals surface area contributed by atoms with Crippen molar-refractivity contribution in [2.75, 3.05) is 24.3 Å². The van der Waals surface area contributed by atoms with Gasteiger partial charge in [0.15, 0.2) is 0 Å². The van der Waals surface area contributed by atoms with Gasteiger partial charge in [-0.1, -0.05) is 66.7 Å². The molecule has 0 saturated carbocycles. The molecule has 4 aromatic carbocycles. The molecule has 236 valence electrons. The van der Waals surface area contributed by atoms with E-state index < -0.39 is 18.0 Å². The number of anilines is 2. The molecular formula is C36H35FN4O5. The summed E-state index contributed by atoms with van der Waals surface area (Å²) < 4.78 is 26.3. The quantitative estimate of drug-likeness (QED) is 0.227. The minimum Gasteiger partial charge on any atom is -0.490 e. The van der Waals surface area contributed by atoms with Crippen LogP contribution in [0.2, 0.25) is 0 Å². The number of para-hydroxylation sites is 1. The number of nitrogens with zero attached hydrogens (tertiary/aromatic N) is 1. The average Bonchev–Trinajstić information content (AvgIpc) is 3.07. The summed E-state index contributed by atoms with van der Waals surface area (Å²) >= 11 is 0. The van der Waals surface area contributed by atoms with E-state index in [4.69, 9.17) is 9.47 Å². The molecule has 2 heterocycles. The highest BCUT2D eigenvalue weighted by atomic mass is 19.1. The molecule has 46 heavy (non-hydrogen) atoms. The number of amides is 4. The first kappa shape index (κ1) is 30.8. The number of nitrogens with one attached hydrogen (secondary N) is 3. The summed E-state index contributed by atoms with van der Waals surface area (Å²) in [6, 6.07) is 28.0. The molecule has 4 aromatic rings. The van der Waals surface area contributed by atoms with Gasteiger partial charge in [-0.2, -0.15) is 0 Å². The van der Waals surface area contributed by atoms with Crippen LogP contribution in [0.4, 0.5) is 20.6 Å². The van der Waals surface area contributed by atoms with Gasteiger partial charge < -0.3 is 30.3 Å². The number of ether oxygens (including phenoxy) is 2. The summed E-state index contributed by atoms with van der Waals surface area (Å²) in [4.78, 5) is 40.5. The number of urea groups is 1. The number of carbonyl (C=O) groups is 3. The second-order valence-corrected chi connectivity index (χ2v) is 11.5. The number of hydrogen-bond acceptors (Lipinski definition) is 5. The summed E-state index contributed by atoms with van der Waals surface area (Å²) in [7, 11) is 1.72. The molecule has 10 heteroatoms. The highest BCUT2D eigenvalue weighted by molar-refractivity contribution is 6.02. The third-order valence-corrected chi connectivity index (χ3v) is 8.36. The minimum absolute atomic E-state index is 0.0401. The zero-order valence-corrected chi connectivity index (χ0v) is 25.4. The third kappa shape index (κ3) is 7.18. The van der Waals surface area contributed by atoms with Crippen molar-refractivity contribution in [3.05, 3.63) is 114 Å². The van der Waals surface area contributed by atoms with Crippen molar-refractivity contribution < 1.29 is 28.2 Å². The molecule has 6 rings (SSSR count). The van der Waals surface area contributed by atoms with Gasteiger partial charge >= 0.3 is 6.03 Å². The standard InChI is InChI=1S/C36H35FN4O5/c1-41-31-17-16-27(20-34(42)38-21-23-11-13-25(14-12-23)24-7-3-2-4-8-24)46-33(31)22-45-32-18-15-26(19-28(32)35(41)43)39-36(44)40-30-10-6-5-9-29(30)37/h2-15,18-19,27,31,33H,16-17,20-22H2,1H3,(H,38,42)(H2,39,40,44)/t27-,31-,33+/m0/s1. The molecule has 9 nitrogen and oxygen atoms in total. The van der Waals surface area contributed by atoms with Crippen LogP contribution >= 0.6 is 0 Å². The lowest BCUT2D eigenvalue weighted by Crippen LogP contribution is -2.53. The fourth-order valence-corrected chi connectivity index (χ4v) is 5.88. The molecule has 3 atom stereocenters. The Labute approximate surface area is 266 Å². The van der Waals surface area contributed by atoms with Crippen LogP contribution in [0.15, 0.2) is 97.1 Å². The fourth-order valence-electron chi connectivity index (χ4n) is 5.88. The Morgan fingerprint density at radius 2 is 1.63 bits per heavy atom. The maximum atomic E-state index is 13.9. The molecule has 3 N–H and O–H groups in total. The number of benzene rings is 4. The van der Waals surface area contributed by atoms with Crippen LogP contribution < -0.4 is 20.7 Å². The molecule has 0 unspecified atom stereocenters. The molecular weight excluding hydrogens is 587 g/mol. The first-order valence-electron chi connectivity index (χ1n) is 15.3. The van der Waals surface area contributed by atoms with Crippen LogP contribution in [0.1, 0.15) is 35.2 Å². The largest absolute Gasteiger partial charge is 0.490 e. The number of fused-ring (bicyclic) bond motifs is 2. The van der Waals surface area contributed by atoms with E-state index in [1.807, 2.05) is 42.5 Å². The fraction of sp³-hybridized carbons (Fsp3) is 0.250. The molecule has 0 bridgehead atoms. The molecule has 1 fully saturated rings. The summed E-state index contributed by atoms with van der Waals surface area (Å²) in [5.74, 6) is -0.576. The van der Waals surface area contributed by atoms with Crippen molar-refractivity contribution in [3.8, 4) is 16.9 Å². The maximum absolute atomic E-state index is 13.9. The van der Waals surface area contributed by atoms with E-state index in [0.29, 0.717) is 36.4 Å². The summed E-state index contributed by atoms with van der Waals surface area (Å²) in [5.41, 5.74) is 3.96. The predicted molar refractivity (Wildman–Crippen MR) is 173 cm³/mol. The second kappa shape index (κ2) is 13.8. The Morgan fingerprint density at radius 3 is 2.41 bits per heavy atom. The van der Waals surface area contributed by atoms with Gasteiger partial charge in [0.2, 0.25) is 5.91 Å². The van der Waals surface area contributed by atoms with Crippen LogP contribution in [0.25, 0.3) is 11.1 Å². The van der Waals surface area contributed by atoms with Gasteiger partial charge in [0, 0.05) is 19.3 Å². The number of carbonyl (C=O) groups excluding carboxylic acids is 3. The van der Waals surface area contributed by atoms with Gasteiger partial charge in [0.05, 0.1) is 29.8 Å². The second-order valence-electron chi connectivity index (χ2n) is 11.5. The highest BCUT2D eigenvalue weighted by Crippen LogP contribution is 2.32. The van der Waals surface area contributed by atoms with E-state index in [-0.39, 0.29) is 42.7 Å². The molecule has 1 saturated heterocycles. The Hall–Kier alpha value is -5.22. The van der Waals surface area contributed by atoms with Gasteiger partial charge in [0.25, 0.3) is 5.91 Å². The van der Waals surface area contributed by atoms with E-state index in [1.165, 1.54) is 18.2 Å². The zero-order valence-electron chi connectivity index (χ0n) is 25.4. The molecule has 0 aliphatic carbocycles. The number of hydrogen-bond donors (Lipinski definition) is 3. The topological polar surface area (TPSA) is 109 Å². The summed E-state index contributed by atoms with van der Waals surface area (Å²) in [6.45, 7) is 0.618. The molecule has 2 aliphatic heterocycles. The van der Waals surface area contributed by atoms with Crippen molar-refractivity contribution in [1.82, 2.24) is 10.2 Å². The monoisotopic (exact) mass is 622 g/mol. The van der Waals surface area contributed by atoms with Crippen LogP contribution in [0.3, 0.4) is 0 Å². The Morgan fingerprint density at radius 1 is 0.891 bits per heavy atom. The molecule has 0 radical (unpaired) electrons. The van der Waals surface area contributed by atoms with Gasteiger partial charge in [-0.15, -0.1) is 0 Å². The lowest BCUT2D eigenvalue weighted by molar-refractivity contribution is -0.134. The van der Waals surface area contributed by atoms with Crippen LogP contribution in [0.5, 0.6) is 5.75 Å². The average molecular weight is 623 g/mol. The molecule has 2 aliphatic rings. The lowest BCUT2D eigenvalue weighted by atomic mass is 9.94. The van der Waals surface area contributed by atoms with Gasteiger partial charge in [0.1, 0.15) is 24.3 Å². The molecule has 0 aromatic heterocycles. The Balaban J connectivity index is 1.03. The number of likely N-dealkylation sites (N-methyl/N-ethyl adjacent to an activating group) is 1. The van der Waals surface area contributed by atoms with Crippen LogP contribution in [-0.4, -0.2) is 54.6 Å². The third-order valence-electron chi connectivity index (χ3n) is 8.36. The predicted octanol–water partition coefficient (Wildman–Crippen LogP) is 6.22. The summed E-state index contributed by atoms with van der Waals surface area (Å²) in [6.07, 6.45) is 0.760.